The van der Waals surface area contributed by atoms with Crippen LogP contribution in [0.3, 0.4) is 0 Å². The van der Waals surface area contributed by atoms with Crippen LogP contribution in [0, 0.1) is 0 Å². The van der Waals surface area contributed by atoms with Crippen LogP contribution >= 0.6 is 11.6 Å². The molecule has 3 aromatic rings. The average molecular weight is 414 g/mol. The van der Waals surface area contributed by atoms with Crippen molar-refractivity contribution in [3.63, 3.8) is 0 Å². The first-order valence-electron chi connectivity index (χ1n) is 8.87. The van der Waals surface area contributed by atoms with Gasteiger partial charge < -0.3 is 19.9 Å². The molecule has 2 aromatic carbocycles. The molecular weight excluding hydrogens is 394 g/mol. The third-order valence-electron chi connectivity index (χ3n) is 4.58. The molecule has 0 saturated heterocycles. The summed E-state index contributed by atoms with van der Waals surface area (Å²) >= 11 is 6.20. The van der Waals surface area contributed by atoms with E-state index in [9.17, 15) is 14.4 Å². The number of rotatable bonds is 5. The van der Waals surface area contributed by atoms with E-state index in [0.717, 1.165) is 11.1 Å². The zero-order chi connectivity index (χ0) is 21.0. The summed E-state index contributed by atoms with van der Waals surface area (Å²) < 4.78 is 6.01. The monoisotopic (exact) mass is 413 g/mol. The molecule has 0 aliphatic carbocycles. The second kappa shape index (κ2) is 8.79. The van der Waals surface area contributed by atoms with Gasteiger partial charge in [0.15, 0.2) is 0 Å². The van der Waals surface area contributed by atoms with Gasteiger partial charge in [0.05, 0.1) is 13.7 Å². The SMILES string of the molecule is COC(=O)CNC(=O)NCc1c(-c2ccccc2)c2cc(Cl)ccc2c(=O)n1C. The number of ether oxygens (including phenoxy) is 1. The van der Waals surface area contributed by atoms with Gasteiger partial charge in [0.25, 0.3) is 5.56 Å². The van der Waals surface area contributed by atoms with E-state index in [1.807, 2.05) is 30.3 Å². The fraction of sp³-hybridized carbons (Fsp3) is 0.190. The fourth-order valence-corrected chi connectivity index (χ4v) is 3.29. The number of amides is 2. The number of nitrogens with one attached hydrogen (secondary N) is 2. The van der Waals surface area contributed by atoms with Gasteiger partial charge in [-0.05, 0) is 29.1 Å². The Morgan fingerprint density at radius 3 is 2.48 bits per heavy atom. The van der Waals surface area contributed by atoms with E-state index in [0.29, 0.717) is 21.5 Å². The highest BCUT2D eigenvalue weighted by atomic mass is 35.5. The fourth-order valence-electron chi connectivity index (χ4n) is 3.12. The second-order valence-corrected chi connectivity index (χ2v) is 6.79. The molecule has 0 aliphatic rings. The number of fused-ring (bicyclic) bond motifs is 1. The highest BCUT2D eigenvalue weighted by Crippen LogP contribution is 2.32. The van der Waals surface area contributed by atoms with E-state index in [2.05, 4.69) is 15.4 Å². The summed E-state index contributed by atoms with van der Waals surface area (Å²) in [7, 11) is 2.90. The summed E-state index contributed by atoms with van der Waals surface area (Å²) in [5.41, 5.74) is 2.12. The highest BCUT2D eigenvalue weighted by molar-refractivity contribution is 6.31. The van der Waals surface area contributed by atoms with E-state index in [1.165, 1.54) is 11.7 Å². The molecule has 0 unspecified atom stereocenters. The van der Waals surface area contributed by atoms with Gasteiger partial charge in [-0.25, -0.2) is 4.79 Å². The van der Waals surface area contributed by atoms with Crippen molar-refractivity contribution >= 4 is 34.4 Å². The van der Waals surface area contributed by atoms with Crippen molar-refractivity contribution in [2.75, 3.05) is 13.7 Å². The summed E-state index contributed by atoms with van der Waals surface area (Å²) in [6.07, 6.45) is 0. The van der Waals surface area contributed by atoms with E-state index < -0.39 is 12.0 Å². The number of hydrogen-bond acceptors (Lipinski definition) is 4. The van der Waals surface area contributed by atoms with Crippen molar-refractivity contribution in [1.29, 1.82) is 0 Å². The number of halogens is 1. The maximum absolute atomic E-state index is 12.9. The predicted molar refractivity (Wildman–Crippen MR) is 112 cm³/mol. The van der Waals surface area contributed by atoms with Crippen molar-refractivity contribution in [2.24, 2.45) is 7.05 Å². The van der Waals surface area contributed by atoms with Crippen molar-refractivity contribution in [3.8, 4) is 11.1 Å². The molecule has 7 nitrogen and oxygen atoms in total. The maximum atomic E-state index is 12.9. The predicted octanol–water partition coefficient (Wildman–Crippen LogP) is 2.83. The first-order valence-corrected chi connectivity index (χ1v) is 9.25. The lowest BCUT2D eigenvalue weighted by molar-refractivity contribution is -0.139. The summed E-state index contributed by atoms with van der Waals surface area (Å²) in [6.45, 7) is -0.175. The molecular formula is C21H20ClN3O4. The van der Waals surface area contributed by atoms with Crippen molar-refractivity contribution in [1.82, 2.24) is 15.2 Å². The van der Waals surface area contributed by atoms with Crippen LogP contribution in [0.5, 0.6) is 0 Å². The Kier molecular flexibility index (Phi) is 6.19. The van der Waals surface area contributed by atoms with Crippen LogP contribution in [-0.2, 0) is 23.1 Å². The van der Waals surface area contributed by atoms with Crippen LogP contribution in [0.25, 0.3) is 21.9 Å². The Morgan fingerprint density at radius 2 is 1.79 bits per heavy atom. The van der Waals surface area contributed by atoms with E-state index >= 15 is 0 Å². The van der Waals surface area contributed by atoms with Gasteiger partial charge in [-0.3, -0.25) is 9.59 Å². The number of esters is 1. The average Bonchev–Trinajstić information content (AvgIpc) is 2.73. The molecule has 150 valence electrons. The van der Waals surface area contributed by atoms with Crippen LogP contribution in [-0.4, -0.2) is 30.2 Å². The molecule has 0 atom stereocenters. The van der Waals surface area contributed by atoms with Crippen LogP contribution in [0.2, 0.25) is 5.02 Å². The molecule has 8 heteroatoms. The molecule has 0 saturated carbocycles. The molecule has 1 aromatic heterocycles. The van der Waals surface area contributed by atoms with Crippen molar-refractivity contribution in [3.05, 3.63) is 69.6 Å². The number of pyridine rings is 1. The van der Waals surface area contributed by atoms with Gasteiger partial charge in [-0.15, -0.1) is 0 Å². The first-order chi connectivity index (χ1) is 13.9. The van der Waals surface area contributed by atoms with E-state index in [4.69, 9.17) is 11.6 Å². The normalized spacial score (nSPS) is 10.6. The number of aromatic nitrogens is 1. The van der Waals surface area contributed by atoms with Gasteiger partial charge in [-0.1, -0.05) is 41.9 Å². The summed E-state index contributed by atoms with van der Waals surface area (Å²) in [5.74, 6) is -0.558. The zero-order valence-electron chi connectivity index (χ0n) is 16.0. The molecule has 29 heavy (non-hydrogen) atoms. The van der Waals surface area contributed by atoms with Crippen LogP contribution < -0.4 is 16.2 Å². The minimum atomic E-state index is -0.558. The summed E-state index contributed by atoms with van der Waals surface area (Å²) in [6, 6.07) is 14.1. The Labute approximate surface area is 172 Å². The molecule has 2 amide bonds. The molecule has 0 bridgehead atoms. The van der Waals surface area contributed by atoms with E-state index in [1.54, 1.807) is 25.2 Å². The Bertz CT molecular complexity index is 1130. The summed E-state index contributed by atoms with van der Waals surface area (Å²) in [4.78, 5) is 36.1. The van der Waals surface area contributed by atoms with Gasteiger partial charge in [0.1, 0.15) is 6.54 Å². The number of carbonyl (C=O) groups is 2. The highest BCUT2D eigenvalue weighted by Gasteiger charge is 2.17. The largest absolute Gasteiger partial charge is 0.468 e. The molecule has 0 spiro atoms. The number of carbonyl (C=O) groups excluding carboxylic acids is 2. The quantitative estimate of drug-likeness (QED) is 0.629. The maximum Gasteiger partial charge on any atom is 0.325 e. The lowest BCUT2D eigenvalue weighted by Crippen LogP contribution is -2.39. The first kappa shape index (κ1) is 20.4. The molecule has 0 fully saturated rings. The van der Waals surface area contributed by atoms with Gasteiger partial charge in [-0.2, -0.15) is 0 Å². The molecule has 1 heterocycles. The minimum Gasteiger partial charge on any atom is -0.468 e. The molecule has 0 radical (unpaired) electrons. The molecule has 0 aliphatic heterocycles. The number of benzene rings is 2. The zero-order valence-corrected chi connectivity index (χ0v) is 16.7. The van der Waals surface area contributed by atoms with Crippen LogP contribution in [0.15, 0.2) is 53.3 Å². The number of hydrogen-bond donors (Lipinski definition) is 2. The molecule has 3 rings (SSSR count). The second-order valence-electron chi connectivity index (χ2n) is 6.35. The van der Waals surface area contributed by atoms with Gasteiger partial charge in [0.2, 0.25) is 0 Å². The minimum absolute atomic E-state index is 0.0748. The standard InChI is InChI=1S/C21H20ClN3O4/c1-25-17(11-23-21(28)24-12-18(26)29-2)19(13-6-4-3-5-7-13)16-10-14(22)8-9-15(16)20(25)27/h3-10H,11-12H2,1-2H3,(H2,23,24,28). The number of nitrogens with zero attached hydrogens (tertiary/aromatic N) is 1. The number of methoxy groups -OCH3 is 1. The van der Waals surface area contributed by atoms with Crippen LogP contribution in [0.1, 0.15) is 5.69 Å². The number of urea groups is 1. The van der Waals surface area contributed by atoms with Crippen molar-refractivity contribution < 1.29 is 14.3 Å². The topological polar surface area (TPSA) is 89.4 Å². The summed E-state index contributed by atoms with van der Waals surface area (Å²) in [5, 5.41) is 6.85. The van der Waals surface area contributed by atoms with Gasteiger partial charge in [0, 0.05) is 28.7 Å². The van der Waals surface area contributed by atoms with Crippen LogP contribution in [0.4, 0.5) is 4.79 Å². The third kappa shape index (κ3) is 4.41. The smallest absolute Gasteiger partial charge is 0.325 e. The third-order valence-corrected chi connectivity index (χ3v) is 4.81. The molecule has 2 N–H and O–H groups in total. The Balaban J connectivity index is 2.06. The lowest BCUT2D eigenvalue weighted by Gasteiger charge is -2.18. The lowest BCUT2D eigenvalue weighted by atomic mass is 9.96. The van der Waals surface area contributed by atoms with Crippen molar-refractivity contribution in [2.45, 2.75) is 6.54 Å². The van der Waals surface area contributed by atoms with Gasteiger partial charge >= 0.3 is 12.0 Å². The Hall–Kier alpha value is -3.32. The van der Waals surface area contributed by atoms with E-state index in [-0.39, 0.29) is 18.6 Å². The Morgan fingerprint density at radius 1 is 1.07 bits per heavy atom.